The number of anilines is 1. The van der Waals surface area contributed by atoms with E-state index in [1.54, 1.807) is 12.1 Å². The molecule has 1 N–H and O–H groups in total. The molecule has 4 nitrogen and oxygen atoms in total. The Balaban J connectivity index is 1.64. The molecule has 1 aliphatic heterocycles. The van der Waals surface area contributed by atoms with Crippen LogP contribution in [0.25, 0.3) is 0 Å². The van der Waals surface area contributed by atoms with Crippen molar-refractivity contribution in [3.63, 3.8) is 0 Å². The summed E-state index contributed by atoms with van der Waals surface area (Å²) in [6.07, 6.45) is 7.70. The lowest BCUT2D eigenvalue weighted by Crippen LogP contribution is -2.25. The Morgan fingerprint density at radius 1 is 1.22 bits per heavy atom. The molecular formula is C18H24ClNO3. The zero-order valence-electron chi connectivity index (χ0n) is 13.4. The quantitative estimate of drug-likeness (QED) is 0.865. The monoisotopic (exact) mass is 337 g/mol. The molecule has 0 radical (unpaired) electrons. The number of amides is 1. The van der Waals surface area contributed by atoms with Gasteiger partial charge in [0.2, 0.25) is 5.91 Å². The van der Waals surface area contributed by atoms with Crippen LogP contribution in [0.15, 0.2) is 18.2 Å². The van der Waals surface area contributed by atoms with Crippen LogP contribution in [0.1, 0.15) is 44.9 Å². The van der Waals surface area contributed by atoms with E-state index in [0.717, 1.165) is 45.1 Å². The van der Waals surface area contributed by atoms with Crippen molar-refractivity contribution in [2.75, 3.05) is 18.5 Å². The van der Waals surface area contributed by atoms with Crippen LogP contribution in [-0.4, -0.2) is 25.2 Å². The Hall–Kier alpha value is -1.26. The van der Waals surface area contributed by atoms with Crippen LogP contribution in [0.4, 0.5) is 5.69 Å². The van der Waals surface area contributed by atoms with Gasteiger partial charge in [0.15, 0.2) is 0 Å². The molecule has 1 atom stereocenters. The minimum Gasteiger partial charge on any atom is -0.489 e. The Morgan fingerprint density at radius 3 is 2.78 bits per heavy atom. The maximum absolute atomic E-state index is 12.5. The summed E-state index contributed by atoms with van der Waals surface area (Å²) < 4.78 is 11.4. The van der Waals surface area contributed by atoms with E-state index in [0.29, 0.717) is 23.1 Å². The summed E-state index contributed by atoms with van der Waals surface area (Å²) in [7, 11) is 0. The SMILES string of the molecule is O=C(Nc1cc(Cl)ccc1OCC1CCCO1)C1CCCCC1. The molecule has 2 aliphatic rings. The lowest BCUT2D eigenvalue weighted by molar-refractivity contribution is -0.120. The Bertz CT molecular complexity index is 537. The lowest BCUT2D eigenvalue weighted by Gasteiger charge is -2.22. The van der Waals surface area contributed by atoms with Gasteiger partial charge in [-0.05, 0) is 43.9 Å². The van der Waals surface area contributed by atoms with Gasteiger partial charge in [-0.15, -0.1) is 0 Å². The predicted molar refractivity (Wildman–Crippen MR) is 91.1 cm³/mol. The van der Waals surface area contributed by atoms with E-state index in [4.69, 9.17) is 21.1 Å². The van der Waals surface area contributed by atoms with E-state index in [2.05, 4.69) is 5.32 Å². The molecule has 3 rings (SSSR count). The average molecular weight is 338 g/mol. The first kappa shape index (κ1) is 16.6. The molecule has 1 aromatic rings. The summed E-state index contributed by atoms with van der Waals surface area (Å²) in [6, 6.07) is 5.35. The van der Waals surface area contributed by atoms with Crippen LogP contribution >= 0.6 is 11.6 Å². The molecule has 1 aromatic carbocycles. The number of hydrogen-bond donors (Lipinski definition) is 1. The maximum atomic E-state index is 12.5. The van der Waals surface area contributed by atoms with Gasteiger partial charge in [0.1, 0.15) is 12.4 Å². The van der Waals surface area contributed by atoms with Crippen molar-refractivity contribution < 1.29 is 14.3 Å². The number of ether oxygens (including phenoxy) is 2. The third-order valence-electron chi connectivity index (χ3n) is 4.62. The van der Waals surface area contributed by atoms with Crippen LogP contribution in [0.3, 0.4) is 0 Å². The zero-order chi connectivity index (χ0) is 16.1. The van der Waals surface area contributed by atoms with Gasteiger partial charge < -0.3 is 14.8 Å². The first-order valence-corrected chi connectivity index (χ1v) is 8.95. The highest BCUT2D eigenvalue weighted by molar-refractivity contribution is 6.31. The maximum Gasteiger partial charge on any atom is 0.227 e. The van der Waals surface area contributed by atoms with Crippen molar-refractivity contribution in [3.05, 3.63) is 23.2 Å². The molecule has 1 aliphatic carbocycles. The van der Waals surface area contributed by atoms with Gasteiger partial charge >= 0.3 is 0 Å². The van der Waals surface area contributed by atoms with Gasteiger partial charge in [-0.25, -0.2) is 0 Å². The van der Waals surface area contributed by atoms with Crippen LogP contribution in [-0.2, 0) is 9.53 Å². The van der Waals surface area contributed by atoms with Gasteiger partial charge in [0.05, 0.1) is 11.8 Å². The van der Waals surface area contributed by atoms with E-state index < -0.39 is 0 Å². The highest BCUT2D eigenvalue weighted by Crippen LogP contribution is 2.31. The summed E-state index contributed by atoms with van der Waals surface area (Å²) in [5.41, 5.74) is 0.658. The summed E-state index contributed by atoms with van der Waals surface area (Å²) in [4.78, 5) is 12.5. The van der Waals surface area contributed by atoms with Crippen molar-refractivity contribution >= 4 is 23.2 Å². The second-order valence-corrected chi connectivity index (χ2v) is 6.85. The molecule has 1 heterocycles. The van der Waals surface area contributed by atoms with Crippen LogP contribution in [0, 0.1) is 5.92 Å². The van der Waals surface area contributed by atoms with Crippen LogP contribution in [0.5, 0.6) is 5.75 Å². The number of hydrogen-bond acceptors (Lipinski definition) is 3. The average Bonchev–Trinajstić information content (AvgIpc) is 3.08. The number of halogens is 1. The first-order valence-electron chi connectivity index (χ1n) is 8.57. The fourth-order valence-corrected chi connectivity index (χ4v) is 3.46. The van der Waals surface area contributed by atoms with Gasteiger partial charge in [0.25, 0.3) is 0 Å². The van der Waals surface area contributed by atoms with Gasteiger partial charge in [-0.2, -0.15) is 0 Å². The molecule has 1 unspecified atom stereocenters. The molecule has 1 amide bonds. The van der Waals surface area contributed by atoms with Crippen molar-refractivity contribution in [2.45, 2.75) is 51.0 Å². The van der Waals surface area contributed by atoms with E-state index in [-0.39, 0.29) is 17.9 Å². The third-order valence-corrected chi connectivity index (χ3v) is 4.86. The summed E-state index contributed by atoms with van der Waals surface area (Å²) in [5.74, 6) is 0.844. The smallest absolute Gasteiger partial charge is 0.227 e. The van der Waals surface area contributed by atoms with E-state index >= 15 is 0 Å². The summed E-state index contributed by atoms with van der Waals surface area (Å²) in [5, 5.41) is 3.60. The summed E-state index contributed by atoms with van der Waals surface area (Å²) in [6.45, 7) is 1.31. The zero-order valence-corrected chi connectivity index (χ0v) is 14.1. The number of nitrogens with one attached hydrogen (secondary N) is 1. The van der Waals surface area contributed by atoms with Crippen LogP contribution in [0.2, 0.25) is 5.02 Å². The van der Waals surface area contributed by atoms with E-state index in [1.807, 2.05) is 6.07 Å². The standard InChI is InChI=1S/C18H24ClNO3/c19-14-8-9-17(23-12-15-7-4-10-22-15)16(11-14)20-18(21)13-5-2-1-3-6-13/h8-9,11,13,15H,1-7,10,12H2,(H,20,21). The normalized spacial score (nSPS) is 22.0. The number of carbonyl (C=O) groups excluding carboxylic acids is 1. The molecule has 0 bridgehead atoms. The summed E-state index contributed by atoms with van der Waals surface area (Å²) >= 11 is 6.08. The van der Waals surface area contributed by atoms with Gasteiger partial charge in [0, 0.05) is 17.5 Å². The minimum absolute atomic E-state index is 0.0777. The largest absolute Gasteiger partial charge is 0.489 e. The van der Waals surface area contributed by atoms with E-state index in [9.17, 15) is 4.79 Å². The molecule has 0 spiro atoms. The Kier molecular flexibility index (Phi) is 5.79. The van der Waals surface area contributed by atoms with Crippen LogP contribution < -0.4 is 10.1 Å². The number of carbonyl (C=O) groups is 1. The van der Waals surface area contributed by atoms with E-state index in [1.165, 1.54) is 6.42 Å². The lowest BCUT2D eigenvalue weighted by atomic mass is 9.88. The number of benzene rings is 1. The Labute approximate surface area is 142 Å². The fourth-order valence-electron chi connectivity index (χ4n) is 3.28. The molecule has 1 saturated carbocycles. The Morgan fingerprint density at radius 2 is 2.04 bits per heavy atom. The van der Waals surface area contributed by atoms with Gasteiger partial charge in [-0.1, -0.05) is 30.9 Å². The molecule has 1 saturated heterocycles. The van der Waals surface area contributed by atoms with Crippen molar-refractivity contribution in [3.8, 4) is 5.75 Å². The fraction of sp³-hybridized carbons (Fsp3) is 0.611. The minimum atomic E-state index is 0.0777. The van der Waals surface area contributed by atoms with Gasteiger partial charge in [-0.3, -0.25) is 4.79 Å². The topological polar surface area (TPSA) is 47.6 Å². The highest BCUT2D eigenvalue weighted by atomic mass is 35.5. The van der Waals surface area contributed by atoms with Crippen molar-refractivity contribution in [1.29, 1.82) is 0 Å². The molecule has 5 heteroatoms. The first-order chi connectivity index (χ1) is 11.2. The molecular weight excluding hydrogens is 314 g/mol. The molecule has 23 heavy (non-hydrogen) atoms. The third kappa shape index (κ3) is 4.61. The predicted octanol–water partition coefficient (Wildman–Crippen LogP) is 4.42. The second kappa shape index (κ2) is 8.02. The van der Waals surface area contributed by atoms with Crippen molar-refractivity contribution in [2.24, 2.45) is 5.92 Å². The molecule has 0 aromatic heterocycles. The number of rotatable bonds is 5. The second-order valence-electron chi connectivity index (χ2n) is 6.41. The molecule has 126 valence electrons. The van der Waals surface area contributed by atoms with Crippen molar-refractivity contribution in [1.82, 2.24) is 0 Å². The highest BCUT2D eigenvalue weighted by Gasteiger charge is 2.22. The molecule has 2 fully saturated rings.